The molecule has 25 heavy (non-hydrogen) atoms. The summed E-state index contributed by atoms with van der Waals surface area (Å²) in [5.41, 5.74) is 4.61. The van der Waals surface area contributed by atoms with Crippen molar-refractivity contribution in [1.82, 2.24) is 14.9 Å². The summed E-state index contributed by atoms with van der Waals surface area (Å²) in [6, 6.07) is 16.5. The van der Waals surface area contributed by atoms with Crippen LogP contribution < -0.4 is 5.32 Å². The molecule has 0 bridgehead atoms. The number of imidazole rings is 1. The molecule has 0 aliphatic heterocycles. The number of fused-ring (bicyclic) bond motifs is 1. The minimum atomic E-state index is -0.107. The van der Waals surface area contributed by atoms with Gasteiger partial charge in [-0.3, -0.25) is 4.79 Å². The van der Waals surface area contributed by atoms with Crippen molar-refractivity contribution in [3.63, 3.8) is 0 Å². The quantitative estimate of drug-likeness (QED) is 0.768. The van der Waals surface area contributed by atoms with E-state index in [0.717, 1.165) is 36.2 Å². The number of amides is 1. The summed E-state index contributed by atoms with van der Waals surface area (Å²) >= 11 is 0. The second-order valence-electron chi connectivity index (χ2n) is 6.98. The molecular formula is C21H23N3O. The SMILES string of the molecule is Cc1ccccc1Cn1c(C(C)NC(=O)C2CC2)nc2ccccc21. The van der Waals surface area contributed by atoms with Crippen LogP contribution in [0.4, 0.5) is 0 Å². The van der Waals surface area contributed by atoms with Crippen LogP contribution >= 0.6 is 0 Å². The number of hydrogen-bond acceptors (Lipinski definition) is 2. The lowest BCUT2D eigenvalue weighted by Gasteiger charge is -2.17. The van der Waals surface area contributed by atoms with Gasteiger partial charge in [0.25, 0.3) is 0 Å². The number of carbonyl (C=O) groups excluding carboxylic acids is 1. The minimum absolute atomic E-state index is 0.107. The van der Waals surface area contributed by atoms with Crippen LogP contribution in [-0.2, 0) is 11.3 Å². The van der Waals surface area contributed by atoms with Crippen molar-refractivity contribution in [1.29, 1.82) is 0 Å². The van der Waals surface area contributed by atoms with Gasteiger partial charge in [-0.25, -0.2) is 4.98 Å². The first-order valence-corrected chi connectivity index (χ1v) is 8.93. The normalized spacial score (nSPS) is 15.3. The molecule has 1 N–H and O–H groups in total. The Balaban J connectivity index is 1.72. The molecule has 1 aliphatic rings. The van der Waals surface area contributed by atoms with Crippen LogP contribution in [0.3, 0.4) is 0 Å². The molecule has 1 atom stereocenters. The second-order valence-corrected chi connectivity index (χ2v) is 6.98. The molecule has 1 aliphatic carbocycles. The molecule has 3 aromatic rings. The van der Waals surface area contributed by atoms with Crippen molar-refractivity contribution in [2.75, 3.05) is 0 Å². The Hall–Kier alpha value is -2.62. The van der Waals surface area contributed by atoms with Gasteiger partial charge < -0.3 is 9.88 Å². The summed E-state index contributed by atoms with van der Waals surface area (Å²) in [6.45, 7) is 4.91. The van der Waals surface area contributed by atoms with Gasteiger partial charge in [0.1, 0.15) is 5.82 Å². The number of rotatable bonds is 5. The van der Waals surface area contributed by atoms with E-state index in [9.17, 15) is 4.79 Å². The largest absolute Gasteiger partial charge is 0.346 e. The molecular weight excluding hydrogens is 310 g/mol. The first-order chi connectivity index (χ1) is 12.1. The highest BCUT2D eigenvalue weighted by Crippen LogP contribution is 2.30. The number of hydrogen-bond donors (Lipinski definition) is 1. The number of para-hydroxylation sites is 2. The van der Waals surface area contributed by atoms with Crippen molar-refractivity contribution in [3.8, 4) is 0 Å². The molecule has 128 valence electrons. The molecule has 4 rings (SSSR count). The van der Waals surface area contributed by atoms with Crippen molar-refractivity contribution < 1.29 is 4.79 Å². The maximum atomic E-state index is 12.2. The molecule has 4 nitrogen and oxygen atoms in total. The first-order valence-electron chi connectivity index (χ1n) is 8.93. The Morgan fingerprint density at radius 2 is 1.92 bits per heavy atom. The molecule has 0 saturated heterocycles. The third-order valence-electron chi connectivity index (χ3n) is 4.97. The minimum Gasteiger partial charge on any atom is -0.346 e. The van der Waals surface area contributed by atoms with Gasteiger partial charge >= 0.3 is 0 Å². The van der Waals surface area contributed by atoms with Gasteiger partial charge in [0.15, 0.2) is 0 Å². The number of carbonyl (C=O) groups is 1. The predicted molar refractivity (Wildman–Crippen MR) is 99.3 cm³/mol. The van der Waals surface area contributed by atoms with E-state index >= 15 is 0 Å². The number of benzene rings is 2. The molecule has 1 saturated carbocycles. The Morgan fingerprint density at radius 3 is 2.68 bits per heavy atom. The summed E-state index contributed by atoms with van der Waals surface area (Å²) in [5, 5.41) is 3.14. The van der Waals surface area contributed by atoms with E-state index in [1.165, 1.54) is 11.1 Å². The van der Waals surface area contributed by atoms with E-state index in [2.05, 4.69) is 47.1 Å². The Morgan fingerprint density at radius 1 is 1.20 bits per heavy atom. The van der Waals surface area contributed by atoms with E-state index in [-0.39, 0.29) is 17.9 Å². The fourth-order valence-electron chi connectivity index (χ4n) is 3.29. The molecule has 0 radical (unpaired) electrons. The number of aryl methyl sites for hydroxylation is 1. The summed E-state index contributed by atoms with van der Waals surface area (Å²) < 4.78 is 2.23. The monoisotopic (exact) mass is 333 g/mol. The van der Waals surface area contributed by atoms with Crippen LogP contribution in [0.5, 0.6) is 0 Å². The standard InChI is InChI=1S/C21H23N3O/c1-14-7-3-4-8-17(14)13-24-19-10-6-5-9-18(19)23-20(24)15(2)22-21(25)16-11-12-16/h3-10,15-16H,11-13H2,1-2H3,(H,22,25). The van der Waals surface area contributed by atoms with Crippen LogP contribution in [0.25, 0.3) is 11.0 Å². The summed E-state index contributed by atoms with van der Waals surface area (Å²) in [6.07, 6.45) is 2.02. The molecule has 1 aromatic heterocycles. The van der Waals surface area contributed by atoms with Crippen molar-refractivity contribution in [2.45, 2.75) is 39.3 Å². The molecule has 1 unspecified atom stereocenters. The van der Waals surface area contributed by atoms with Gasteiger partial charge in [0.2, 0.25) is 5.91 Å². The van der Waals surface area contributed by atoms with Crippen LogP contribution in [-0.4, -0.2) is 15.5 Å². The molecule has 0 spiro atoms. The fraction of sp³-hybridized carbons (Fsp3) is 0.333. The maximum Gasteiger partial charge on any atom is 0.223 e. The van der Waals surface area contributed by atoms with E-state index in [4.69, 9.17) is 4.98 Å². The van der Waals surface area contributed by atoms with Gasteiger partial charge in [-0.05, 0) is 49.9 Å². The summed E-state index contributed by atoms with van der Waals surface area (Å²) in [4.78, 5) is 17.0. The average molecular weight is 333 g/mol. The van der Waals surface area contributed by atoms with Gasteiger partial charge in [-0.15, -0.1) is 0 Å². The molecule has 2 aromatic carbocycles. The van der Waals surface area contributed by atoms with Crippen LogP contribution in [0.2, 0.25) is 0 Å². The van der Waals surface area contributed by atoms with Gasteiger partial charge in [0, 0.05) is 12.5 Å². The zero-order valence-electron chi connectivity index (χ0n) is 14.7. The highest BCUT2D eigenvalue weighted by atomic mass is 16.2. The van der Waals surface area contributed by atoms with Crippen LogP contribution in [0, 0.1) is 12.8 Å². The summed E-state index contributed by atoms with van der Waals surface area (Å²) in [7, 11) is 0. The Kier molecular flexibility index (Phi) is 4.04. The molecule has 4 heteroatoms. The van der Waals surface area contributed by atoms with Crippen LogP contribution in [0.15, 0.2) is 48.5 Å². The third kappa shape index (κ3) is 3.16. The first kappa shape index (κ1) is 15.9. The molecule has 1 heterocycles. The third-order valence-corrected chi connectivity index (χ3v) is 4.97. The van der Waals surface area contributed by atoms with Gasteiger partial charge in [0.05, 0.1) is 17.1 Å². The van der Waals surface area contributed by atoms with Gasteiger partial charge in [-0.2, -0.15) is 0 Å². The van der Waals surface area contributed by atoms with Crippen molar-refractivity contribution in [2.24, 2.45) is 5.92 Å². The van der Waals surface area contributed by atoms with Crippen LogP contribution in [0.1, 0.15) is 42.8 Å². The maximum absolute atomic E-state index is 12.2. The predicted octanol–water partition coefficient (Wildman–Crippen LogP) is 3.98. The van der Waals surface area contributed by atoms with E-state index in [1.807, 2.05) is 25.1 Å². The highest BCUT2D eigenvalue weighted by molar-refractivity contribution is 5.81. The Labute approximate surface area is 147 Å². The average Bonchev–Trinajstić information content (AvgIpc) is 3.40. The number of nitrogens with zero attached hydrogens (tertiary/aromatic N) is 2. The fourth-order valence-corrected chi connectivity index (χ4v) is 3.29. The second kappa shape index (κ2) is 6.36. The highest BCUT2D eigenvalue weighted by Gasteiger charge is 2.31. The zero-order valence-corrected chi connectivity index (χ0v) is 14.7. The molecule has 1 amide bonds. The Bertz CT molecular complexity index is 924. The molecule has 1 fully saturated rings. The van der Waals surface area contributed by atoms with E-state index in [0.29, 0.717) is 0 Å². The topological polar surface area (TPSA) is 46.9 Å². The lowest BCUT2D eigenvalue weighted by atomic mass is 10.1. The zero-order chi connectivity index (χ0) is 17.4. The van der Waals surface area contributed by atoms with Crippen molar-refractivity contribution in [3.05, 3.63) is 65.5 Å². The van der Waals surface area contributed by atoms with Crippen molar-refractivity contribution >= 4 is 16.9 Å². The number of nitrogens with one attached hydrogen (secondary N) is 1. The van der Waals surface area contributed by atoms with E-state index in [1.54, 1.807) is 0 Å². The summed E-state index contributed by atoms with van der Waals surface area (Å²) in [5.74, 6) is 1.28. The van der Waals surface area contributed by atoms with Gasteiger partial charge in [-0.1, -0.05) is 36.4 Å². The smallest absolute Gasteiger partial charge is 0.223 e. The number of aromatic nitrogens is 2. The van der Waals surface area contributed by atoms with E-state index < -0.39 is 0 Å². The lowest BCUT2D eigenvalue weighted by Crippen LogP contribution is -2.30. The lowest BCUT2D eigenvalue weighted by molar-refractivity contribution is -0.123.